The molecule has 0 spiro atoms. The molecule has 0 saturated heterocycles. The molecule has 2 heterocycles. The van der Waals surface area contributed by atoms with Gasteiger partial charge in [-0.2, -0.15) is 5.26 Å². The highest BCUT2D eigenvalue weighted by molar-refractivity contribution is 7.10. The number of ether oxygens (including phenoxy) is 2. The Hall–Kier alpha value is -2.59. The van der Waals surface area contributed by atoms with Crippen LogP contribution in [0.25, 0.3) is 0 Å². The van der Waals surface area contributed by atoms with E-state index in [1.807, 2.05) is 24.4 Å². The number of thiophene rings is 1. The maximum Gasteiger partial charge on any atom is 0.337 e. The van der Waals surface area contributed by atoms with Crippen LogP contribution in [0, 0.1) is 11.3 Å². The summed E-state index contributed by atoms with van der Waals surface area (Å²) >= 11 is 1.36. The molecule has 6 nitrogen and oxygen atoms in total. The van der Waals surface area contributed by atoms with Gasteiger partial charge in [-0.15, -0.1) is 11.3 Å². The molecule has 1 aromatic heterocycles. The number of carbonyl (C=O) groups is 2. The molecule has 0 radical (unpaired) electrons. The number of nitriles is 1. The molecule has 0 fully saturated rings. The number of hydrogen-bond donors (Lipinski definition) is 1. The first-order valence-corrected chi connectivity index (χ1v) is 9.17. The number of esters is 2. The highest BCUT2D eigenvalue weighted by Crippen LogP contribution is 2.42. The summed E-state index contributed by atoms with van der Waals surface area (Å²) in [5, 5.41) is 13.7. The van der Waals surface area contributed by atoms with E-state index in [-0.39, 0.29) is 24.7 Å². The Balaban J connectivity index is 2.61. The lowest BCUT2D eigenvalue weighted by Crippen LogP contribution is -2.45. The standard InChI is InChI=1S/C19H22N2O4S/c1-12(2)25-17(22)16-14(4)21-13(3)11-19(16,15-7-5-10-26-15)18(23)24-9-6-8-20/h5,7,10-12,21H,6,9H2,1-4H3. The van der Waals surface area contributed by atoms with Gasteiger partial charge in [-0.3, -0.25) is 4.79 Å². The summed E-state index contributed by atoms with van der Waals surface area (Å²) < 4.78 is 10.8. The normalized spacial score (nSPS) is 19.5. The summed E-state index contributed by atoms with van der Waals surface area (Å²) in [7, 11) is 0. The Morgan fingerprint density at radius 2 is 2.12 bits per heavy atom. The Morgan fingerprint density at radius 3 is 2.69 bits per heavy atom. The molecule has 26 heavy (non-hydrogen) atoms. The third-order valence-corrected chi connectivity index (χ3v) is 4.82. The van der Waals surface area contributed by atoms with E-state index >= 15 is 0 Å². The lowest BCUT2D eigenvalue weighted by atomic mass is 9.75. The zero-order chi connectivity index (χ0) is 19.3. The molecule has 7 heteroatoms. The third-order valence-electron chi connectivity index (χ3n) is 3.81. The highest BCUT2D eigenvalue weighted by Gasteiger charge is 2.51. The molecule has 1 unspecified atom stereocenters. The van der Waals surface area contributed by atoms with Crippen LogP contribution in [-0.2, 0) is 24.5 Å². The number of allylic oxidation sites excluding steroid dienone is 2. The van der Waals surface area contributed by atoms with Crippen molar-refractivity contribution in [1.82, 2.24) is 5.32 Å². The molecular weight excluding hydrogens is 352 g/mol. The fourth-order valence-corrected chi connectivity index (χ4v) is 3.83. The first-order valence-electron chi connectivity index (χ1n) is 8.30. The second-order valence-electron chi connectivity index (χ2n) is 6.24. The fourth-order valence-electron chi connectivity index (χ4n) is 2.94. The molecule has 1 aliphatic rings. The van der Waals surface area contributed by atoms with Crippen molar-refractivity contribution >= 4 is 23.3 Å². The van der Waals surface area contributed by atoms with Crippen LogP contribution in [0.1, 0.15) is 39.0 Å². The molecule has 1 aromatic rings. The molecular formula is C19H22N2O4S. The molecule has 0 amide bonds. The number of nitrogens with zero attached hydrogens (tertiary/aromatic N) is 1. The minimum Gasteiger partial charge on any atom is -0.463 e. The highest BCUT2D eigenvalue weighted by atomic mass is 32.1. The van der Waals surface area contributed by atoms with Crippen molar-refractivity contribution in [3.05, 3.63) is 45.4 Å². The van der Waals surface area contributed by atoms with E-state index in [0.29, 0.717) is 10.6 Å². The quantitative estimate of drug-likeness (QED) is 0.608. The minimum absolute atomic E-state index is 0.0334. The van der Waals surface area contributed by atoms with Crippen molar-refractivity contribution in [2.75, 3.05) is 6.61 Å². The molecule has 1 atom stereocenters. The first-order chi connectivity index (χ1) is 12.3. The molecule has 0 saturated carbocycles. The van der Waals surface area contributed by atoms with Gasteiger partial charge in [0.05, 0.1) is 24.2 Å². The van der Waals surface area contributed by atoms with Gasteiger partial charge in [0.2, 0.25) is 0 Å². The Bertz CT molecular complexity index is 787. The summed E-state index contributed by atoms with van der Waals surface area (Å²) in [6.45, 7) is 7.03. The second-order valence-corrected chi connectivity index (χ2v) is 7.18. The maximum absolute atomic E-state index is 13.1. The van der Waals surface area contributed by atoms with Gasteiger partial charge in [0.15, 0.2) is 5.41 Å². The van der Waals surface area contributed by atoms with Crippen molar-refractivity contribution in [1.29, 1.82) is 5.26 Å². The number of carbonyl (C=O) groups excluding carboxylic acids is 2. The van der Waals surface area contributed by atoms with Crippen LogP contribution >= 0.6 is 11.3 Å². The smallest absolute Gasteiger partial charge is 0.337 e. The van der Waals surface area contributed by atoms with Crippen molar-refractivity contribution in [3.63, 3.8) is 0 Å². The molecule has 2 rings (SSSR count). The van der Waals surface area contributed by atoms with E-state index in [0.717, 1.165) is 5.70 Å². The van der Waals surface area contributed by atoms with Gasteiger partial charge >= 0.3 is 11.9 Å². The Kier molecular flexibility index (Phi) is 6.22. The Labute approximate surface area is 157 Å². The monoisotopic (exact) mass is 374 g/mol. The van der Waals surface area contributed by atoms with Crippen LogP contribution in [0.3, 0.4) is 0 Å². The van der Waals surface area contributed by atoms with Crippen molar-refractivity contribution < 1.29 is 19.1 Å². The predicted octanol–water partition coefficient (Wildman–Crippen LogP) is 3.18. The Morgan fingerprint density at radius 1 is 1.38 bits per heavy atom. The number of hydrogen-bond acceptors (Lipinski definition) is 7. The van der Waals surface area contributed by atoms with Gasteiger partial charge in [0, 0.05) is 16.3 Å². The van der Waals surface area contributed by atoms with Gasteiger partial charge < -0.3 is 14.8 Å². The van der Waals surface area contributed by atoms with Crippen LogP contribution in [-0.4, -0.2) is 24.6 Å². The van der Waals surface area contributed by atoms with Crippen LogP contribution < -0.4 is 5.32 Å². The lowest BCUT2D eigenvalue weighted by molar-refractivity contribution is -0.152. The number of rotatable bonds is 6. The van der Waals surface area contributed by atoms with E-state index in [9.17, 15) is 9.59 Å². The van der Waals surface area contributed by atoms with Gasteiger partial charge in [-0.1, -0.05) is 6.07 Å². The van der Waals surface area contributed by atoms with Gasteiger partial charge in [0.25, 0.3) is 0 Å². The fraction of sp³-hybridized carbons (Fsp3) is 0.421. The van der Waals surface area contributed by atoms with E-state index in [1.54, 1.807) is 32.9 Å². The SMILES string of the molecule is CC1=CC(C(=O)OCCC#N)(c2cccs2)C(C(=O)OC(C)C)=C(C)N1. The van der Waals surface area contributed by atoms with Crippen molar-refractivity contribution in [3.8, 4) is 6.07 Å². The molecule has 0 aromatic carbocycles. The zero-order valence-corrected chi connectivity index (χ0v) is 16.1. The maximum atomic E-state index is 13.1. The second kappa shape index (κ2) is 8.19. The topological polar surface area (TPSA) is 88.4 Å². The van der Waals surface area contributed by atoms with Gasteiger partial charge in [-0.05, 0) is 45.2 Å². The molecule has 0 aliphatic carbocycles. The van der Waals surface area contributed by atoms with Crippen LogP contribution in [0.2, 0.25) is 0 Å². The number of dihydropyridines is 1. The van der Waals surface area contributed by atoms with Gasteiger partial charge in [0.1, 0.15) is 6.61 Å². The molecule has 138 valence electrons. The van der Waals surface area contributed by atoms with Crippen LogP contribution in [0.5, 0.6) is 0 Å². The number of nitrogens with one attached hydrogen (secondary N) is 1. The largest absolute Gasteiger partial charge is 0.463 e. The van der Waals surface area contributed by atoms with Crippen LogP contribution in [0.15, 0.2) is 40.6 Å². The van der Waals surface area contributed by atoms with E-state index in [2.05, 4.69) is 5.32 Å². The summed E-state index contributed by atoms with van der Waals surface area (Å²) in [4.78, 5) is 26.7. The average molecular weight is 374 g/mol. The van der Waals surface area contributed by atoms with Crippen molar-refractivity contribution in [2.45, 2.75) is 45.6 Å². The van der Waals surface area contributed by atoms with Crippen molar-refractivity contribution in [2.24, 2.45) is 0 Å². The molecule has 0 bridgehead atoms. The molecule has 1 N–H and O–H groups in total. The third kappa shape index (κ3) is 3.81. The summed E-state index contributed by atoms with van der Waals surface area (Å²) in [6, 6.07) is 5.55. The summed E-state index contributed by atoms with van der Waals surface area (Å²) in [5.41, 5.74) is 0.0892. The van der Waals surface area contributed by atoms with Crippen LogP contribution in [0.4, 0.5) is 0 Å². The van der Waals surface area contributed by atoms with Gasteiger partial charge in [-0.25, -0.2) is 4.79 Å². The average Bonchev–Trinajstić information content (AvgIpc) is 3.07. The predicted molar refractivity (Wildman–Crippen MR) is 98.0 cm³/mol. The lowest BCUT2D eigenvalue weighted by Gasteiger charge is -2.35. The van der Waals surface area contributed by atoms with E-state index < -0.39 is 17.4 Å². The zero-order valence-electron chi connectivity index (χ0n) is 15.3. The summed E-state index contributed by atoms with van der Waals surface area (Å²) in [6.07, 6.45) is 1.45. The minimum atomic E-state index is -1.39. The summed E-state index contributed by atoms with van der Waals surface area (Å²) in [5.74, 6) is -1.16. The van der Waals surface area contributed by atoms with E-state index in [4.69, 9.17) is 14.7 Å². The first kappa shape index (κ1) is 19.7. The molecule has 1 aliphatic heterocycles. The van der Waals surface area contributed by atoms with E-state index in [1.165, 1.54) is 11.3 Å².